The number of amides is 1. The second kappa shape index (κ2) is 3.58. The molecule has 3 rings (SSSR count). The summed E-state index contributed by atoms with van der Waals surface area (Å²) < 4.78 is 2.25. The number of hydrogen-bond acceptors (Lipinski definition) is 2. The normalized spacial score (nSPS) is 19.2. The SMILES string of the molecule is C[C@H]1CCn2c(nc3cc(C(N)=O)ccc32)C1. The lowest BCUT2D eigenvalue weighted by molar-refractivity contribution is 0.100. The number of aryl methyl sites for hydroxylation is 1. The molecule has 88 valence electrons. The first-order valence-corrected chi connectivity index (χ1v) is 5.94. The maximum Gasteiger partial charge on any atom is 0.248 e. The first-order chi connectivity index (χ1) is 8.15. The quantitative estimate of drug-likeness (QED) is 0.809. The minimum absolute atomic E-state index is 0.397. The summed E-state index contributed by atoms with van der Waals surface area (Å²) in [4.78, 5) is 15.7. The highest BCUT2D eigenvalue weighted by atomic mass is 16.1. The Bertz CT molecular complexity index is 600. The Labute approximate surface area is 99.4 Å². The summed E-state index contributed by atoms with van der Waals surface area (Å²) >= 11 is 0. The predicted octanol–water partition coefficient (Wildman–Crippen LogP) is 1.72. The van der Waals surface area contributed by atoms with Gasteiger partial charge in [0.25, 0.3) is 0 Å². The monoisotopic (exact) mass is 229 g/mol. The largest absolute Gasteiger partial charge is 0.366 e. The Hall–Kier alpha value is -1.84. The molecule has 0 spiro atoms. The Morgan fingerprint density at radius 1 is 1.53 bits per heavy atom. The minimum atomic E-state index is -0.397. The molecule has 0 radical (unpaired) electrons. The third kappa shape index (κ3) is 1.60. The van der Waals surface area contributed by atoms with Gasteiger partial charge in [0.05, 0.1) is 11.0 Å². The molecule has 4 nitrogen and oxygen atoms in total. The van der Waals surface area contributed by atoms with E-state index >= 15 is 0 Å². The minimum Gasteiger partial charge on any atom is -0.366 e. The van der Waals surface area contributed by atoms with Crippen molar-refractivity contribution < 1.29 is 4.79 Å². The van der Waals surface area contributed by atoms with E-state index < -0.39 is 5.91 Å². The second-order valence-corrected chi connectivity index (χ2v) is 4.85. The van der Waals surface area contributed by atoms with Crippen LogP contribution in [0.1, 0.15) is 29.5 Å². The van der Waals surface area contributed by atoms with Crippen molar-refractivity contribution in [2.45, 2.75) is 26.3 Å². The van der Waals surface area contributed by atoms with E-state index in [2.05, 4.69) is 16.5 Å². The lowest BCUT2D eigenvalue weighted by atomic mass is 10.0. The van der Waals surface area contributed by atoms with Gasteiger partial charge in [-0.05, 0) is 30.5 Å². The summed E-state index contributed by atoms with van der Waals surface area (Å²) in [6.45, 7) is 3.26. The highest BCUT2D eigenvalue weighted by Gasteiger charge is 2.19. The average Bonchev–Trinajstić information content (AvgIpc) is 2.64. The summed E-state index contributed by atoms with van der Waals surface area (Å²) in [6.07, 6.45) is 2.20. The van der Waals surface area contributed by atoms with Gasteiger partial charge < -0.3 is 10.3 Å². The van der Waals surface area contributed by atoms with Gasteiger partial charge in [0.1, 0.15) is 5.82 Å². The zero-order valence-corrected chi connectivity index (χ0v) is 9.81. The lowest BCUT2D eigenvalue weighted by Crippen LogP contribution is -2.17. The van der Waals surface area contributed by atoms with Crippen molar-refractivity contribution in [2.75, 3.05) is 0 Å². The van der Waals surface area contributed by atoms with Gasteiger partial charge in [-0.2, -0.15) is 0 Å². The number of benzene rings is 1. The highest BCUT2D eigenvalue weighted by Crippen LogP contribution is 2.25. The van der Waals surface area contributed by atoms with E-state index in [0.717, 1.165) is 29.8 Å². The smallest absolute Gasteiger partial charge is 0.248 e. The molecule has 0 aliphatic carbocycles. The molecule has 2 aromatic rings. The summed E-state index contributed by atoms with van der Waals surface area (Å²) in [7, 11) is 0. The van der Waals surface area contributed by atoms with Crippen molar-refractivity contribution in [3.63, 3.8) is 0 Å². The van der Waals surface area contributed by atoms with E-state index in [0.29, 0.717) is 11.5 Å². The van der Waals surface area contributed by atoms with Crippen LogP contribution in [-0.2, 0) is 13.0 Å². The Morgan fingerprint density at radius 3 is 3.12 bits per heavy atom. The van der Waals surface area contributed by atoms with Crippen molar-refractivity contribution >= 4 is 16.9 Å². The molecule has 2 N–H and O–H groups in total. The van der Waals surface area contributed by atoms with E-state index in [9.17, 15) is 4.79 Å². The molecule has 1 atom stereocenters. The molecule has 1 aromatic carbocycles. The summed E-state index contributed by atoms with van der Waals surface area (Å²) in [5.41, 5.74) is 7.79. The van der Waals surface area contributed by atoms with Crippen molar-refractivity contribution in [1.29, 1.82) is 0 Å². The molecule has 17 heavy (non-hydrogen) atoms. The van der Waals surface area contributed by atoms with E-state index in [1.54, 1.807) is 12.1 Å². The third-order valence-corrected chi connectivity index (χ3v) is 3.49. The number of aromatic nitrogens is 2. The van der Waals surface area contributed by atoms with E-state index in [-0.39, 0.29) is 0 Å². The molecule has 1 amide bonds. The zero-order chi connectivity index (χ0) is 12.0. The molecular weight excluding hydrogens is 214 g/mol. The Kier molecular flexibility index (Phi) is 2.18. The number of nitrogens with zero attached hydrogens (tertiary/aromatic N) is 2. The molecule has 1 aliphatic heterocycles. The first-order valence-electron chi connectivity index (χ1n) is 5.94. The van der Waals surface area contributed by atoms with Crippen LogP contribution in [0.5, 0.6) is 0 Å². The number of rotatable bonds is 1. The van der Waals surface area contributed by atoms with Gasteiger partial charge in [0.2, 0.25) is 5.91 Å². The predicted molar refractivity (Wildman–Crippen MR) is 65.7 cm³/mol. The molecule has 4 heteroatoms. The summed E-state index contributed by atoms with van der Waals surface area (Å²) in [6, 6.07) is 5.51. The number of carbonyl (C=O) groups excluding carboxylic acids is 1. The Morgan fingerprint density at radius 2 is 2.35 bits per heavy atom. The molecule has 0 bridgehead atoms. The van der Waals surface area contributed by atoms with E-state index in [4.69, 9.17) is 5.73 Å². The van der Waals surface area contributed by atoms with Gasteiger partial charge in [0.15, 0.2) is 0 Å². The van der Waals surface area contributed by atoms with Gasteiger partial charge in [-0.3, -0.25) is 4.79 Å². The summed E-state index contributed by atoms with van der Waals surface area (Å²) in [5.74, 6) is 1.42. The second-order valence-electron chi connectivity index (χ2n) is 4.85. The average molecular weight is 229 g/mol. The molecule has 2 heterocycles. The van der Waals surface area contributed by atoms with Gasteiger partial charge in [-0.1, -0.05) is 6.92 Å². The van der Waals surface area contributed by atoms with Gasteiger partial charge in [0, 0.05) is 18.5 Å². The zero-order valence-electron chi connectivity index (χ0n) is 9.81. The van der Waals surface area contributed by atoms with Gasteiger partial charge in [-0.15, -0.1) is 0 Å². The fourth-order valence-electron chi connectivity index (χ4n) is 2.50. The number of primary amides is 1. The van der Waals surface area contributed by atoms with Crippen LogP contribution in [0.15, 0.2) is 18.2 Å². The van der Waals surface area contributed by atoms with Gasteiger partial charge >= 0.3 is 0 Å². The number of nitrogens with two attached hydrogens (primary N) is 1. The molecule has 1 aromatic heterocycles. The maximum atomic E-state index is 11.1. The van der Waals surface area contributed by atoms with Crippen LogP contribution in [0.2, 0.25) is 0 Å². The highest BCUT2D eigenvalue weighted by molar-refractivity contribution is 5.96. The van der Waals surface area contributed by atoms with E-state index in [1.807, 2.05) is 6.07 Å². The first kappa shape index (κ1) is 10.3. The summed E-state index contributed by atoms with van der Waals surface area (Å²) in [5, 5.41) is 0. The molecule has 0 unspecified atom stereocenters. The Balaban J connectivity index is 2.17. The van der Waals surface area contributed by atoms with Crippen LogP contribution in [0.3, 0.4) is 0 Å². The van der Waals surface area contributed by atoms with Crippen molar-refractivity contribution in [3.05, 3.63) is 29.6 Å². The molecule has 0 fully saturated rings. The van der Waals surface area contributed by atoms with Crippen molar-refractivity contribution in [3.8, 4) is 0 Å². The molecule has 0 saturated carbocycles. The molecular formula is C13H15N3O. The standard InChI is InChI=1S/C13H15N3O/c1-8-4-5-16-11-3-2-9(13(14)17)7-10(11)15-12(16)6-8/h2-3,7-8H,4-6H2,1H3,(H2,14,17)/t8-/m0/s1. The van der Waals surface area contributed by atoms with Crippen LogP contribution in [0.25, 0.3) is 11.0 Å². The third-order valence-electron chi connectivity index (χ3n) is 3.49. The lowest BCUT2D eigenvalue weighted by Gasteiger charge is -2.19. The van der Waals surface area contributed by atoms with E-state index in [1.165, 1.54) is 6.42 Å². The maximum absolute atomic E-state index is 11.1. The van der Waals surface area contributed by atoms with Crippen LogP contribution in [-0.4, -0.2) is 15.5 Å². The van der Waals surface area contributed by atoms with Gasteiger partial charge in [-0.25, -0.2) is 4.98 Å². The fraction of sp³-hybridized carbons (Fsp3) is 0.385. The molecule has 1 aliphatic rings. The van der Waals surface area contributed by atoms with Crippen LogP contribution < -0.4 is 5.73 Å². The van der Waals surface area contributed by atoms with Crippen molar-refractivity contribution in [1.82, 2.24) is 9.55 Å². The number of hydrogen-bond donors (Lipinski definition) is 1. The number of imidazole rings is 1. The number of fused-ring (bicyclic) bond motifs is 3. The topological polar surface area (TPSA) is 60.9 Å². The van der Waals surface area contributed by atoms with Crippen LogP contribution in [0, 0.1) is 5.92 Å². The van der Waals surface area contributed by atoms with Crippen molar-refractivity contribution in [2.24, 2.45) is 11.7 Å². The fourth-order valence-corrected chi connectivity index (χ4v) is 2.50. The molecule has 0 saturated heterocycles. The van der Waals surface area contributed by atoms with Crippen LogP contribution in [0.4, 0.5) is 0 Å². The number of carbonyl (C=O) groups is 1. The van der Waals surface area contributed by atoms with Crippen LogP contribution >= 0.6 is 0 Å².